The lowest BCUT2D eigenvalue weighted by Crippen LogP contribution is -2.40. The van der Waals surface area contributed by atoms with Gasteiger partial charge in [0.25, 0.3) is 5.91 Å². The maximum atomic E-state index is 12.2. The van der Waals surface area contributed by atoms with Gasteiger partial charge in [-0.2, -0.15) is 0 Å². The van der Waals surface area contributed by atoms with E-state index in [2.05, 4.69) is 15.4 Å². The molecule has 0 fully saturated rings. The summed E-state index contributed by atoms with van der Waals surface area (Å²) in [5.41, 5.74) is 3.76. The van der Waals surface area contributed by atoms with Gasteiger partial charge in [-0.3, -0.25) is 15.2 Å². The van der Waals surface area contributed by atoms with E-state index in [0.717, 1.165) is 28.0 Å². The number of fused-ring (bicyclic) bond motifs is 1. The van der Waals surface area contributed by atoms with Gasteiger partial charge >= 0.3 is 0 Å². The SMILES string of the molecule is CSc1nc(N(C)NC(=O)C2=CCCS2)c2ccccc2n1. The Kier molecular flexibility index (Phi) is 4.54. The summed E-state index contributed by atoms with van der Waals surface area (Å²) in [6.07, 6.45) is 4.86. The number of hydrazine groups is 1. The standard InChI is InChI=1S/C15H16N4OS2/c1-19(18-14(20)12-8-5-9-22-12)13-10-6-3-4-7-11(10)16-15(17-13)21-2/h3-4,6-8H,5,9H2,1-2H3,(H,18,20). The molecule has 1 aliphatic heterocycles. The van der Waals surface area contributed by atoms with Crippen molar-refractivity contribution in [1.29, 1.82) is 0 Å². The average Bonchev–Trinajstić information content (AvgIpc) is 3.08. The van der Waals surface area contributed by atoms with Crippen molar-refractivity contribution in [3.05, 3.63) is 35.2 Å². The summed E-state index contributed by atoms with van der Waals surface area (Å²) < 4.78 is 0. The summed E-state index contributed by atoms with van der Waals surface area (Å²) in [5.74, 6) is 1.59. The number of hydrogen-bond donors (Lipinski definition) is 1. The van der Waals surface area contributed by atoms with Crippen LogP contribution in [0.5, 0.6) is 0 Å². The van der Waals surface area contributed by atoms with Gasteiger partial charge in [0.05, 0.1) is 10.4 Å². The first-order valence-electron chi connectivity index (χ1n) is 6.87. The zero-order valence-electron chi connectivity index (χ0n) is 12.4. The molecule has 7 heteroatoms. The molecule has 0 aliphatic carbocycles. The van der Waals surface area contributed by atoms with Gasteiger partial charge in [0.15, 0.2) is 11.0 Å². The lowest BCUT2D eigenvalue weighted by molar-refractivity contribution is -0.116. The summed E-state index contributed by atoms with van der Waals surface area (Å²) in [5, 5.41) is 3.27. The van der Waals surface area contributed by atoms with Crippen LogP contribution in [0.25, 0.3) is 10.9 Å². The van der Waals surface area contributed by atoms with Crippen molar-refractivity contribution in [1.82, 2.24) is 15.4 Å². The number of thioether (sulfide) groups is 2. The van der Waals surface area contributed by atoms with E-state index in [9.17, 15) is 4.79 Å². The molecule has 0 radical (unpaired) electrons. The first-order chi connectivity index (χ1) is 10.7. The number of carbonyl (C=O) groups excluding carboxylic acids is 1. The second-order valence-electron chi connectivity index (χ2n) is 4.76. The number of hydrogen-bond acceptors (Lipinski definition) is 6. The molecule has 0 unspecified atom stereocenters. The maximum Gasteiger partial charge on any atom is 0.275 e. The van der Waals surface area contributed by atoms with Gasteiger partial charge in [0, 0.05) is 18.2 Å². The van der Waals surface area contributed by atoms with Crippen molar-refractivity contribution in [2.75, 3.05) is 24.1 Å². The highest BCUT2D eigenvalue weighted by Gasteiger charge is 2.18. The van der Waals surface area contributed by atoms with Crippen LogP contribution in [0.3, 0.4) is 0 Å². The van der Waals surface area contributed by atoms with Crippen molar-refractivity contribution >= 4 is 46.2 Å². The third kappa shape index (κ3) is 3.05. The number of benzene rings is 1. The van der Waals surface area contributed by atoms with Gasteiger partial charge in [-0.25, -0.2) is 9.97 Å². The van der Waals surface area contributed by atoms with E-state index in [1.807, 2.05) is 36.6 Å². The van der Waals surface area contributed by atoms with E-state index in [1.54, 1.807) is 23.8 Å². The van der Waals surface area contributed by atoms with Crippen LogP contribution >= 0.6 is 23.5 Å². The molecule has 0 saturated heterocycles. The Bertz CT molecular complexity index is 747. The fourth-order valence-electron chi connectivity index (χ4n) is 2.22. The smallest absolute Gasteiger partial charge is 0.271 e. The largest absolute Gasteiger partial charge is 0.275 e. The molecule has 1 amide bonds. The molecule has 0 bridgehead atoms. The van der Waals surface area contributed by atoms with Gasteiger partial charge < -0.3 is 0 Å². The number of nitrogens with one attached hydrogen (secondary N) is 1. The fraction of sp³-hybridized carbons (Fsp3) is 0.267. The number of carbonyl (C=O) groups is 1. The molecular formula is C15H16N4OS2. The summed E-state index contributed by atoms with van der Waals surface area (Å²) in [6.45, 7) is 0. The van der Waals surface area contributed by atoms with Crippen molar-refractivity contribution in [3.8, 4) is 0 Å². The molecule has 1 N–H and O–H groups in total. The van der Waals surface area contributed by atoms with E-state index in [0.29, 0.717) is 11.0 Å². The molecule has 0 spiro atoms. The molecule has 0 saturated carbocycles. The van der Waals surface area contributed by atoms with Crippen LogP contribution < -0.4 is 10.4 Å². The quantitative estimate of drug-likeness (QED) is 0.528. The predicted molar refractivity (Wildman–Crippen MR) is 93.0 cm³/mol. The van der Waals surface area contributed by atoms with Crippen LogP contribution in [0.1, 0.15) is 6.42 Å². The summed E-state index contributed by atoms with van der Waals surface area (Å²) in [7, 11) is 1.80. The monoisotopic (exact) mass is 332 g/mol. The molecule has 114 valence electrons. The molecular weight excluding hydrogens is 316 g/mol. The topological polar surface area (TPSA) is 58.1 Å². The average molecular weight is 332 g/mol. The Morgan fingerprint density at radius 2 is 2.18 bits per heavy atom. The fourth-order valence-corrected chi connectivity index (χ4v) is 3.46. The number of anilines is 1. The van der Waals surface area contributed by atoms with Crippen molar-refractivity contribution < 1.29 is 4.79 Å². The van der Waals surface area contributed by atoms with Crippen molar-refractivity contribution in [2.24, 2.45) is 0 Å². The van der Waals surface area contributed by atoms with Gasteiger partial charge in [-0.15, -0.1) is 11.8 Å². The third-order valence-electron chi connectivity index (χ3n) is 3.26. The Labute approximate surface area is 137 Å². The van der Waals surface area contributed by atoms with Crippen LogP contribution in [0, 0.1) is 0 Å². The first-order valence-corrected chi connectivity index (χ1v) is 9.08. The van der Waals surface area contributed by atoms with Gasteiger partial charge in [-0.1, -0.05) is 30.0 Å². The summed E-state index contributed by atoms with van der Waals surface area (Å²) in [6, 6.07) is 7.80. The number of rotatable bonds is 4. The van der Waals surface area contributed by atoms with E-state index < -0.39 is 0 Å². The molecule has 1 aromatic heterocycles. The normalized spacial score (nSPS) is 14.0. The maximum absolute atomic E-state index is 12.2. The zero-order chi connectivity index (χ0) is 15.5. The molecule has 3 rings (SSSR count). The number of para-hydroxylation sites is 1. The summed E-state index contributed by atoms with van der Waals surface area (Å²) >= 11 is 3.07. The van der Waals surface area contributed by atoms with E-state index >= 15 is 0 Å². The van der Waals surface area contributed by atoms with Gasteiger partial charge in [0.1, 0.15) is 0 Å². The second-order valence-corrected chi connectivity index (χ2v) is 6.67. The Hall–Kier alpha value is -1.73. The van der Waals surface area contributed by atoms with Crippen LogP contribution in [0.2, 0.25) is 0 Å². The highest BCUT2D eigenvalue weighted by atomic mass is 32.2. The lowest BCUT2D eigenvalue weighted by atomic mass is 10.2. The predicted octanol–water partition coefficient (Wildman–Crippen LogP) is 2.84. The van der Waals surface area contributed by atoms with Crippen molar-refractivity contribution in [2.45, 2.75) is 11.6 Å². The summed E-state index contributed by atoms with van der Waals surface area (Å²) in [4.78, 5) is 22.0. The molecule has 1 aromatic carbocycles. The van der Waals surface area contributed by atoms with Gasteiger partial charge in [0.2, 0.25) is 0 Å². The van der Waals surface area contributed by atoms with Crippen LogP contribution in [0.15, 0.2) is 40.4 Å². The minimum absolute atomic E-state index is 0.0848. The highest BCUT2D eigenvalue weighted by molar-refractivity contribution is 8.04. The molecule has 22 heavy (non-hydrogen) atoms. The Morgan fingerprint density at radius 1 is 1.36 bits per heavy atom. The molecule has 1 aliphatic rings. The molecule has 2 aromatic rings. The molecule has 5 nitrogen and oxygen atoms in total. The number of amides is 1. The minimum Gasteiger partial charge on any atom is -0.271 e. The van der Waals surface area contributed by atoms with Crippen LogP contribution in [-0.4, -0.2) is 34.9 Å². The highest BCUT2D eigenvalue weighted by Crippen LogP contribution is 2.27. The van der Waals surface area contributed by atoms with E-state index in [1.165, 1.54) is 11.8 Å². The lowest BCUT2D eigenvalue weighted by Gasteiger charge is -2.21. The van der Waals surface area contributed by atoms with E-state index in [-0.39, 0.29) is 5.91 Å². The van der Waals surface area contributed by atoms with Crippen LogP contribution in [0.4, 0.5) is 5.82 Å². The third-order valence-corrected chi connectivity index (χ3v) is 4.91. The molecule has 2 heterocycles. The van der Waals surface area contributed by atoms with Gasteiger partial charge in [-0.05, 0) is 24.8 Å². The van der Waals surface area contributed by atoms with Crippen LogP contribution in [-0.2, 0) is 4.79 Å². The molecule has 0 atom stereocenters. The zero-order valence-corrected chi connectivity index (χ0v) is 14.0. The van der Waals surface area contributed by atoms with E-state index in [4.69, 9.17) is 0 Å². The number of aromatic nitrogens is 2. The Morgan fingerprint density at radius 3 is 2.91 bits per heavy atom. The Balaban J connectivity index is 1.92. The first kappa shape index (κ1) is 15.2. The minimum atomic E-state index is -0.0848. The second kappa shape index (κ2) is 6.58. The number of allylic oxidation sites excluding steroid dienone is 1. The number of nitrogens with zero attached hydrogens (tertiary/aromatic N) is 3. The van der Waals surface area contributed by atoms with Crippen molar-refractivity contribution in [3.63, 3.8) is 0 Å².